The summed E-state index contributed by atoms with van der Waals surface area (Å²) in [4.78, 5) is 0. The Morgan fingerprint density at radius 2 is 1.90 bits per heavy atom. The summed E-state index contributed by atoms with van der Waals surface area (Å²) in [6, 6.07) is 9.30. The fourth-order valence-corrected chi connectivity index (χ4v) is 2.64. The van der Waals surface area contributed by atoms with Gasteiger partial charge in [0, 0.05) is 0 Å². The first-order valence-electron chi connectivity index (χ1n) is 7.66. The lowest BCUT2D eigenvalue weighted by molar-refractivity contribution is 0.219. The van der Waals surface area contributed by atoms with Crippen molar-refractivity contribution in [3.05, 3.63) is 47.2 Å². The van der Waals surface area contributed by atoms with Gasteiger partial charge in [0.1, 0.15) is 0 Å². The molecule has 0 radical (unpaired) electrons. The van der Waals surface area contributed by atoms with E-state index in [-0.39, 0.29) is 11.5 Å². The Kier molecular flexibility index (Phi) is 4.87. The molecule has 1 N–H and O–H groups in total. The van der Waals surface area contributed by atoms with Crippen LogP contribution in [-0.2, 0) is 10.2 Å². The smallest absolute Gasteiger partial charge is 0.0876 e. The molecule has 110 valence electrons. The molecule has 0 saturated carbocycles. The van der Waals surface area contributed by atoms with E-state index in [4.69, 9.17) is 4.74 Å². The molecule has 2 nitrogen and oxygen atoms in total. The van der Waals surface area contributed by atoms with Crippen molar-refractivity contribution < 1.29 is 4.74 Å². The molecule has 0 spiro atoms. The highest BCUT2D eigenvalue weighted by Crippen LogP contribution is 2.29. The van der Waals surface area contributed by atoms with Gasteiger partial charge in [-0.1, -0.05) is 52.0 Å². The van der Waals surface area contributed by atoms with E-state index >= 15 is 0 Å². The molecule has 0 fully saturated rings. The third-order valence-corrected chi connectivity index (χ3v) is 3.85. The van der Waals surface area contributed by atoms with Crippen molar-refractivity contribution in [2.75, 3.05) is 13.2 Å². The molecule has 1 aromatic carbocycles. The predicted octanol–water partition coefficient (Wildman–Crippen LogP) is 4.33. The summed E-state index contributed by atoms with van der Waals surface area (Å²) in [6.07, 6.45) is 4.20. The molecule has 1 heterocycles. The van der Waals surface area contributed by atoms with Gasteiger partial charge in [-0.25, -0.2) is 0 Å². The van der Waals surface area contributed by atoms with Gasteiger partial charge < -0.3 is 10.1 Å². The number of likely N-dealkylation sites (N-methyl/N-ethyl adjacent to an activating group) is 1. The summed E-state index contributed by atoms with van der Waals surface area (Å²) in [5.41, 5.74) is 4.28. The van der Waals surface area contributed by atoms with Crippen LogP contribution in [0.2, 0.25) is 0 Å². The molecule has 1 aliphatic rings. The molecule has 20 heavy (non-hydrogen) atoms. The topological polar surface area (TPSA) is 21.3 Å². The van der Waals surface area contributed by atoms with Gasteiger partial charge in [0.15, 0.2) is 0 Å². The van der Waals surface area contributed by atoms with Crippen LogP contribution in [0.25, 0.3) is 0 Å². The first-order valence-corrected chi connectivity index (χ1v) is 7.66. The number of hydrogen-bond acceptors (Lipinski definition) is 2. The van der Waals surface area contributed by atoms with Crippen molar-refractivity contribution in [1.82, 2.24) is 5.32 Å². The minimum atomic E-state index is 0.208. The average molecular weight is 273 g/mol. The van der Waals surface area contributed by atoms with E-state index in [1.54, 1.807) is 0 Å². The molecule has 0 aromatic heterocycles. The molecule has 0 amide bonds. The second-order valence-corrected chi connectivity index (χ2v) is 6.53. The molecule has 2 rings (SSSR count). The van der Waals surface area contributed by atoms with Gasteiger partial charge >= 0.3 is 0 Å². The van der Waals surface area contributed by atoms with Gasteiger partial charge in [-0.3, -0.25) is 0 Å². The Morgan fingerprint density at radius 1 is 1.20 bits per heavy atom. The summed E-state index contributed by atoms with van der Waals surface area (Å²) < 4.78 is 5.51. The second-order valence-electron chi connectivity index (χ2n) is 6.53. The van der Waals surface area contributed by atoms with Gasteiger partial charge in [0.05, 0.1) is 18.9 Å². The number of ether oxygens (including phenoxy) is 1. The monoisotopic (exact) mass is 273 g/mol. The van der Waals surface area contributed by atoms with Crippen LogP contribution in [-0.4, -0.2) is 13.2 Å². The van der Waals surface area contributed by atoms with Gasteiger partial charge in [-0.05, 0) is 41.5 Å². The standard InChI is InChI=1S/C18H27NO/c1-5-19-17(15-7-6-12-20-13-15)14-8-10-16(11-9-14)18(2,3)4/h8-11,13,17,19H,5-7,12H2,1-4H3. The first-order chi connectivity index (χ1) is 9.52. The molecule has 0 saturated heterocycles. The minimum Gasteiger partial charge on any atom is -0.501 e. The molecule has 0 aliphatic carbocycles. The zero-order valence-electron chi connectivity index (χ0n) is 13.2. The summed E-state index contributed by atoms with van der Waals surface area (Å²) in [6.45, 7) is 10.7. The SMILES string of the molecule is CCNC(C1=COCCC1)c1ccc(C(C)(C)C)cc1. The molecule has 1 unspecified atom stereocenters. The molecule has 1 aromatic rings. The van der Waals surface area contributed by atoms with E-state index in [0.29, 0.717) is 0 Å². The molecular formula is C18H27NO. The molecule has 1 atom stereocenters. The molecule has 0 bridgehead atoms. The van der Waals surface area contributed by atoms with E-state index < -0.39 is 0 Å². The van der Waals surface area contributed by atoms with Crippen molar-refractivity contribution in [2.24, 2.45) is 0 Å². The lowest BCUT2D eigenvalue weighted by Crippen LogP contribution is -2.24. The maximum Gasteiger partial charge on any atom is 0.0876 e. The van der Waals surface area contributed by atoms with Crippen molar-refractivity contribution in [1.29, 1.82) is 0 Å². The maximum atomic E-state index is 5.51. The van der Waals surface area contributed by atoms with Crippen LogP contribution >= 0.6 is 0 Å². The average Bonchev–Trinajstić information content (AvgIpc) is 2.45. The highest BCUT2D eigenvalue weighted by molar-refractivity contribution is 5.33. The number of nitrogens with one attached hydrogen (secondary N) is 1. The third-order valence-electron chi connectivity index (χ3n) is 3.85. The third kappa shape index (κ3) is 3.63. The van der Waals surface area contributed by atoms with Crippen molar-refractivity contribution in [3.8, 4) is 0 Å². The fourth-order valence-electron chi connectivity index (χ4n) is 2.64. The van der Waals surface area contributed by atoms with E-state index in [2.05, 4.69) is 57.3 Å². The van der Waals surface area contributed by atoms with Gasteiger partial charge in [-0.15, -0.1) is 0 Å². The zero-order valence-corrected chi connectivity index (χ0v) is 13.2. The summed E-state index contributed by atoms with van der Waals surface area (Å²) in [7, 11) is 0. The predicted molar refractivity (Wildman–Crippen MR) is 84.8 cm³/mol. The van der Waals surface area contributed by atoms with Gasteiger partial charge in [0.2, 0.25) is 0 Å². The number of hydrogen-bond donors (Lipinski definition) is 1. The van der Waals surface area contributed by atoms with Crippen molar-refractivity contribution in [2.45, 2.75) is 52.0 Å². The number of rotatable bonds is 4. The first kappa shape index (κ1) is 15.1. The van der Waals surface area contributed by atoms with Crippen LogP contribution in [0.4, 0.5) is 0 Å². The van der Waals surface area contributed by atoms with Crippen LogP contribution in [0.5, 0.6) is 0 Å². The van der Waals surface area contributed by atoms with Crippen LogP contribution in [0, 0.1) is 0 Å². The molecular weight excluding hydrogens is 246 g/mol. The van der Waals surface area contributed by atoms with Crippen molar-refractivity contribution >= 4 is 0 Å². The quantitative estimate of drug-likeness (QED) is 0.881. The van der Waals surface area contributed by atoms with E-state index in [0.717, 1.165) is 26.0 Å². The van der Waals surface area contributed by atoms with Crippen LogP contribution in [0.15, 0.2) is 36.1 Å². The van der Waals surface area contributed by atoms with Crippen molar-refractivity contribution in [3.63, 3.8) is 0 Å². The highest BCUT2D eigenvalue weighted by atomic mass is 16.5. The van der Waals surface area contributed by atoms with E-state index in [1.807, 2.05) is 6.26 Å². The van der Waals surface area contributed by atoms with E-state index in [1.165, 1.54) is 16.7 Å². The summed E-state index contributed by atoms with van der Waals surface area (Å²) in [5.74, 6) is 0. The largest absolute Gasteiger partial charge is 0.501 e. The Hall–Kier alpha value is -1.28. The Morgan fingerprint density at radius 3 is 2.40 bits per heavy atom. The normalized spacial score (nSPS) is 17.3. The molecule has 1 aliphatic heterocycles. The maximum absolute atomic E-state index is 5.51. The van der Waals surface area contributed by atoms with Gasteiger partial charge in [0.25, 0.3) is 0 Å². The second kappa shape index (κ2) is 6.45. The Bertz CT molecular complexity index is 453. The lowest BCUT2D eigenvalue weighted by Gasteiger charge is -2.25. The summed E-state index contributed by atoms with van der Waals surface area (Å²) in [5, 5.41) is 3.58. The van der Waals surface area contributed by atoms with Crippen LogP contribution in [0.3, 0.4) is 0 Å². The highest BCUT2D eigenvalue weighted by Gasteiger charge is 2.19. The van der Waals surface area contributed by atoms with E-state index in [9.17, 15) is 0 Å². The van der Waals surface area contributed by atoms with Gasteiger partial charge in [-0.2, -0.15) is 0 Å². The minimum absolute atomic E-state index is 0.208. The van der Waals surface area contributed by atoms with Crippen LogP contribution < -0.4 is 5.32 Å². The Balaban J connectivity index is 2.23. The van der Waals surface area contributed by atoms with Crippen LogP contribution in [0.1, 0.15) is 57.7 Å². The Labute approximate surface area is 123 Å². The lowest BCUT2D eigenvalue weighted by atomic mass is 9.85. The summed E-state index contributed by atoms with van der Waals surface area (Å²) >= 11 is 0. The zero-order chi connectivity index (χ0) is 14.6. The molecule has 2 heteroatoms. The fraction of sp³-hybridized carbons (Fsp3) is 0.556. The number of benzene rings is 1.